The molecule has 2 atom stereocenters. The van der Waals surface area contributed by atoms with Crippen molar-refractivity contribution < 1.29 is 14.8 Å². The van der Waals surface area contributed by atoms with Crippen molar-refractivity contribution in [2.45, 2.75) is 32.9 Å². The van der Waals surface area contributed by atoms with Crippen LogP contribution < -0.4 is 15.4 Å². The van der Waals surface area contributed by atoms with Crippen LogP contribution in [0.5, 0.6) is 5.75 Å². The van der Waals surface area contributed by atoms with Crippen LogP contribution in [-0.2, 0) is 4.79 Å². The number of benzene rings is 3. The van der Waals surface area contributed by atoms with Crippen LogP contribution in [0.2, 0.25) is 0 Å². The maximum absolute atomic E-state index is 13.5. The number of methoxy groups -OCH3 is 1. The van der Waals surface area contributed by atoms with E-state index in [0.717, 1.165) is 11.1 Å². The lowest BCUT2D eigenvalue weighted by atomic mass is 9.93. The minimum Gasteiger partial charge on any atom is -0.495 e. The van der Waals surface area contributed by atoms with E-state index in [0.29, 0.717) is 17.4 Å². The van der Waals surface area contributed by atoms with Crippen LogP contribution in [-0.4, -0.2) is 13.0 Å². The van der Waals surface area contributed by atoms with Gasteiger partial charge in [0.25, 0.3) is 5.91 Å². The number of carbonyl (C=O) groups is 1. The van der Waals surface area contributed by atoms with Crippen LogP contribution in [0.15, 0.2) is 78.9 Å². The predicted molar refractivity (Wildman–Crippen MR) is 121 cm³/mol. The Bertz CT molecular complexity index is 955. The van der Waals surface area contributed by atoms with E-state index in [9.17, 15) is 4.79 Å². The van der Waals surface area contributed by atoms with Crippen LogP contribution in [0.25, 0.3) is 0 Å². The summed E-state index contributed by atoms with van der Waals surface area (Å²) in [5.41, 5.74) is 3.95. The van der Waals surface area contributed by atoms with E-state index in [1.54, 1.807) is 7.11 Å². The Morgan fingerprint density at radius 3 is 2.07 bits per heavy atom. The molecule has 3 aromatic carbocycles. The molecule has 3 aromatic rings. The highest BCUT2D eigenvalue weighted by Crippen LogP contribution is 2.27. The van der Waals surface area contributed by atoms with Gasteiger partial charge in [-0.1, -0.05) is 80.6 Å². The van der Waals surface area contributed by atoms with Gasteiger partial charge >= 0.3 is 0 Å². The molecule has 156 valence electrons. The Balaban J connectivity index is 1.93. The SMILES string of the molecule is COc1ccc(C)cc1NC(=O)[C@H]([NH2+][C@H](c1ccccc1)C(C)C)c1ccccc1. The Labute approximate surface area is 179 Å². The highest BCUT2D eigenvalue weighted by molar-refractivity contribution is 5.95. The first kappa shape index (κ1) is 21.6. The molecule has 0 unspecified atom stereocenters. The molecule has 0 radical (unpaired) electrons. The molecule has 0 saturated heterocycles. The molecule has 0 aliphatic rings. The van der Waals surface area contributed by atoms with E-state index in [1.807, 2.05) is 73.7 Å². The van der Waals surface area contributed by atoms with Crippen molar-refractivity contribution in [3.05, 3.63) is 95.6 Å². The standard InChI is InChI=1S/C26H30N2O2/c1-18(2)24(20-11-7-5-8-12-20)28-25(21-13-9-6-10-14-21)26(29)27-22-17-19(3)15-16-23(22)30-4/h5-18,24-25,28H,1-4H3,(H,27,29)/p+1/t24-,25+/m0/s1. The van der Waals surface area contributed by atoms with Gasteiger partial charge in [-0.05, 0) is 24.6 Å². The molecule has 0 spiro atoms. The van der Waals surface area contributed by atoms with Gasteiger partial charge in [-0.3, -0.25) is 4.79 Å². The predicted octanol–water partition coefficient (Wildman–Crippen LogP) is 4.64. The number of quaternary nitrogens is 1. The molecule has 0 aromatic heterocycles. The minimum atomic E-state index is -0.385. The van der Waals surface area contributed by atoms with E-state index < -0.39 is 0 Å². The van der Waals surface area contributed by atoms with Gasteiger partial charge in [0.1, 0.15) is 11.8 Å². The number of nitrogens with two attached hydrogens (primary N) is 1. The summed E-state index contributed by atoms with van der Waals surface area (Å²) in [6.45, 7) is 6.38. The van der Waals surface area contributed by atoms with Crippen molar-refractivity contribution in [1.29, 1.82) is 0 Å². The first-order valence-corrected chi connectivity index (χ1v) is 10.4. The second-order valence-corrected chi connectivity index (χ2v) is 7.95. The fraction of sp³-hybridized carbons (Fsp3) is 0.269. The first-order chi connectivity index (χ1) is 14.5. The van der Waals surface area contributed by atoms with Crippen molar-refractivity contribution in [3.63, 3.8) is 0 Å². The molecular formula is C26H31N2O2+. The average molecular weight is 404 g/mol. The fourth-order valence-corrected chi connectivity index (χ4v) is 3.74. The molecule has 4 heteroatoms. The van der Waals surface area contributed by atoms with Gasteiger partial charge in [0, 0.05) is 17.0 Å². The van der Waals surface area contributed by atoms with Crippen LogP contribution in [0, 0.1) is 12.8 Å². The summed E-state index contributed by atoms with van der Waals surface area (Å²) in [5.74, 6) is 0.954. The van der Waals surface area contributed by atoms with Crippen LogP contribution in [0.4, 0.5) is 5.69 Å². The van der Waals surface area contributed by atoms with E-state index in [-0.39, 0.29) is 18.0 Å². The molecule has 0 heterocycles. The Morgan fingerprint density at radius 2 is 1.50 bits per heavy atom. The van der Waals surface area contributed by atoms with Gasteiger partial charge in [0.05, 0.1) is 12.8 Å². The molecule has 0 aliphatic heterocycles. The molecule has 4 nitrogen and oxygen atoms in total. The zero-order valence-electron chi connectivity index (χ0n) is 18.1. The quantitative estimate of drug-likeness (QED) is 0.575. The number of nitrogens with one attached hydrogen (secondary N) is 1. The van der Waals surface area contributed by atoms with Crippen LogP contribution >= 0.6 is 0 Å². The number of carbonyl (C=O) groups excluding carboxylic acids is 1. The number of rotatable bonds is 8. The number of hydrogen-bond acceptors (Lipinski definition) is 2. The Hall–Kier alpha value is -3.11. The summed E-state index contributed by atoms with van der Waals surface area (Å²) in [5, 5.41) is 5.27. The average Bonchev–Trinajstić information content (AvgIpc) is 2.75. The highest BCUT2D eigenvalue weighted by atomic mass is 16.5. The van der Waals surface area contributed by atoms with E-state index in [4.69, 9.17) is 4.74 Å². The number of ether oxygens (including phenoxy) is 1. The lowest BCUT2D eigenvalue weighted by Gasteiger charge is -2.25. The first-order valence-electron chi connectivity index (χ1n) is 10.4. The number of aryl methyl sites for hydroxylation is 1. The number of amides is 1. The van der Waals surface area contributed by atoms with Crippen molar-refractivity contribution in [1.82, 2.24) is 0 Å². The van der Waals surface area contributed by atoms with Crippen molar-refractivity contribution >= 4 is 11.6 Å². The summed E-state index contributed by atoms with van der Waals surface area (Å²) in [6, 6.07) is 25.9. The van der Waals surface area contributed by atoms with E-state index in [1.165, 1.54) is 5.56 Å². The maximum Gasteiger partial charge on any atom is 0.287 e. The Morgan fingerprint density at radius 1 is 0.900 bits per heavy atom. The summed E-state index contributed by atoms with van der Waals surface area (Å²) in [4.78, 5) is 13.5. The normalized spacial score (nSPS) is 13.0. The van der Waals surface area contributed by atoms with Crippen LogP contribution in [0.3, 0.4) is 0 Å². The van der Waals surface area contributed by atoms with Crippen molar-refractivity contribution in [2.24, 2.45) is 5.92 Å². The van der Waals surface area contributed by atoms with E-state index >= 15 is 0 Å². The molecule has 1 amide bonds. The minimum absolute atomic E-state index is 0.0633. The monoisotopic (exact) mass is 403 g/mol. The second kappa shape index (κ2) is 10.1. The molecule has 0 bridgehead atoms. The second-order valence-electron chi connectivity index (χ2n) is 7.95. The van der Waals surface area contributed by atoms with Crippen molar-refractivity contribution in [3.8, 4) is 5.75 Å². The lowest BCUT2D eigenvalue weighted by Crippen LogP contribution is -2.89. The molecule has 0 aliphatic carbocycles. The summed E-state index contributed by atoms with van der Waals surface area (Å²) < 4.78 is 5.45. The third-order valence-electron chi connectivity index (χ3n) is 5.36. The van der Waals surface area contributed by atoms with Crippen LogP contribution in [0.1, 0.15) is 42.6 Å². The van der Waals surface area contributed by atoms with E-state index in [2.05, 4.69) is 36.6 Å². The third kappa shape index (κ3) is 5.28. The zero-order chi connectivity index (χ0) is 21.5. The summed E-state index contributed by atoms with van der Waals surface area (Å²) >= 11 is 0. The van der Waals surface area contributed by atoms with Gasteiger partial charge in [-0.15, -0.1) is 0 Å². The highest BCUT2D eigenvalue weighted by Gasteiger charge is 2.31. The van der Waals surface area contributed by atoms with Gasteiger partial charge in [0.15, 0.2) is 6.04 Å². The molecule has 0 saturated carbocycles. The van der Waals surface area contributed by atoms with Gasteiger partial charge in [-0.2, -0.15) is 0 Å². The fourth-order valence-electron chi connectivity index (χ4n) is 3.74. The molecule has 3 rings (SSSR count). The number of hydrogen-bond donors (Lipinski definition) is 2. The van der Waals surface area contributed by atoms with Gasteiger partial charge in [-0.25, -0.2) is 0 Å². The zero-order valence-corrected chi connectivity index (χ0v) is 18.1. The van der Waals surface area contributed by atoms with Gasteiger partial charge in [0.2, 0.25) is 0 Å². The molecule has 0 fully saturated rings. The molecule has 3 N–H and O–H groups in total. The molecule has 30 heavy (non-hydrogen) atoms. The number of anilines is 1. The third-order valence-corrected chi connectivity index (χ3v) is 5.36. The Kier molecular flexibility index (Phi) is 7.26. The smallest absolute Gasteiger partial charge is 0.287 e. The molecular weight excluding hydrogens is 372 g/mol. The van der Waals surface area contributed by atoms with Gasteiger partial charge < -0.3 is 15.4 Å². The van der Waals surface area contributed by atoms with Crippen molar-refractivity contribution in [2.75, 3.05) is 12.4 Å². The topological polar surface area (TPSA) is 54.9 Å². The lowest BCUT2D eigenvalue weighted by molar-refractivity contribution is -0.727. The summed E-state index contributed by atoms with van der Waals surface area (Å²) in [6.07, 6.45) is 0. The maximum atomic E-state index is 13.5. The summed E-state index contributed by atoms with van der Waals surface area (Å²) in [7, 11) is 1.62. The largest absolute Gasteiger partial charge is 0.495 e.